The van der Waals surface area contributed by atoms with Crippen LogP contribution < -0.4 is 15.8 Å². The Morgan fingerprint density at radius 3 is 2.46 bits per heavy atom. The van der Waals surface area contributed by atoms with Crippen molar-refractivity contribution in [3.63, 3.8) is 0 Å². The van der Waals surface area contributed by atoms with Crippen molar-refractivity contribution in [2.75, 3.05) is 10.0 Å². The quantitative estimate of drug-likeness (QED) is 0.209. The first kappa shape index (κ1) is 29.1. The Hall–Kier alpha value is -3.41. The number of sulfonamides is 1. The van der Waals surface area contributed by atoms with E-state index in [9.17, 15) is 21.6 Å². The second-order valence-corrected chi connectivity index (χ2v) is 12.2. The van der Waals surface area contributed by atoms with Gasteiger partial charge in [0.25, 0.3) is 10.0 Å². The van der Waals surface area contributed by atoms with Gasteiger partial charge in [-0.15, -0.1) is 0 Å². The molecule has 1 fully saturated rings. The third kappa shape index (κ3) is 6.42. The normalized spacial score (nSPS) is 17.9. The molecule has 1 aromatic heterocycles. The lowest BCUT2D eigenvalue weighted by Crippen LogP contribution is -2.33. The average molecular weight is 604 g/mol. The number of anilines is 2. The van der Waals surface area contributed by atoms with Crippen LogP contribution in [0.5, 0.6) is 0 Å². The van der Waals surface area contributed by atoms with Crippen molar-refractivity contribution >= 4 is 44.2 Å². The number of benzene rings is 3. The number of rotatable bonds is 7. The number of hydrogen-bond acceptors (Lipinski definition) is 6. The molecular formula is C29H29ClF3N5O2S. The second-order valence-electron chi connectivity index (χ2n) is 10.2. The maximum absolute atomic E-state index is 14.3. The molecule has 7 nitrogen and oxygen atoms in total. The van der Waals surface area contributed by atoms with Crippen LogP contribution in [0.25, 0.3) is 22.0 Å². The number of halogens is 4. The maximum Gasteiger partial charge on any atom is 0.417 e. The van der Waals surface area contributed by atoms with E-state index < -0.39 is 21.8 Å². The molecule has 41 heavy (non-hydrogen) atoms. The molecule has 1 aliphatic carbocycles. The van der Waals surface area contributed by atoms with Gasteiger partial charge in [0.15, 0.2) is 0 Å². The number of aromatic nitrogens is 2. The van der Waals surface area contributed by atoms with Crippen LogP contribution >= 0.6 is 11.6 Å². The van der Waals surface area contributed by atoms with Crippen molar-refractivity contribution in [3.05, 3.63) is 76.9 Å². The minimum Gasteiger partial charge on any atom is -0.351 e. The lowest BCUT2D eigenvalue weighted by molar-refractivity contribution is -0.137. The first-order valence-electron chi connectivity index (χ1n) is 13.3. The van der Waals surface area contributed by atoms with E-state index in [0.29, 0.717) is 28.8 Å². The summed E-state index contributed by atoms with van der Waals surface area (Å²) in [4.78, 5) is 8.89. The molecule has 5 rings (SSSR count). The molecule has 0 radical (unpaired) electrons. The second kappa shape index (κ2) is 11.5. The van der Waals surface area contributed by atoms with Crippen molar-refractivity contribution < 1.29 is 21.6 Å². The van der Waals surface area contributed by atoms with Crippen molar-refractivity contribution in [1.82, 2.24) is 9.97 Å². The van der Waals surface area contributed by atoms with Gasteiger partial charge in [-0.2, -0.15) is 13.2 Å². The Morgan fingerprint density at radius 1 is 1.05 bits per heavy atom. The molecular weight excluding hydrogens is 575 g/mol. The van der Waals surface area contributed by atoms with E-state index in [2.05, 4.69) is 15.0 Å². The zero-order valence-electron chi connectivity index (χ0n) is 22.2. The minimum atomic E-state index is -4.75. The monoisotopic (exact) mass is 603 g/mol. The summed E-state index contributed by atoms with van der Waals surface area (Å²) in [5.74, 6) is 0.478. The third-order valence-corrected chi connectivity index (χ3v) is 9.14. The summed E-state index contributed by atoms with van der Waals surface area (Å²) in [6, 6.07) is 12.8. The Labute approximate surface area is 241 Å². The van der Waals surface area contributed by atoms with Crippen molar-refractivity contribution in [3.8, 4) is 11.1 Å². The largest absolute Gasteiger partial charge is 0.417 e. The highest BCUT2D eigenvalue weighted by Gasteiger charge is 2.35. The van der Waals surface area contributed by atoms with Crippen molar-refractivity contribution in [2.24, 2.45) is 5.73 Å². The van der Waals surface area contributed by atoms with E-state index in [-0.39, 0.29) is 33.3 Å². The summed E-state index contributed by atoms with van der Waals surface area (Å²) in [5.41, 5.74) is 6.46. The van der Waals surface area contributed by atoms with E-state index >= 15 is 0 Å². The molecule has 0 aliphatic heterocycles. The van der Waals surface area contributed by atoms with Crippen LogP contribution in [0.2, 0.25) is 5.02 Å². The first-order valence-corrected chi connectivity index (χ1v) is 15.1. The Morgan fingerprint density at radius 2 is 1.78 bits per heavy atom. The fourth-order valence-corrected chi connectivity index (χ4v) is 6.70. The molecule has 0 unspecified atom stereocenters. The fourth-order valence-electron chi connectivity index (χ4n) is 5.13. The maximum atomic E-state index is 14.3. The molecule has 0 amide bonds. The van der Waals surface area contributed by atoms with Crippen molar-refractivity contribution in [2.45, 2.75) is 62.2 Å². The van der Waals surface area contributed by atoms with Crippen LogP contribution in [0.15, 0.2) is 65.7 Å². The molecule has 0 spiro atoms. The standard InChI is InChI=1S/C29H29ClF3N5O2S/c1-2-17-13-18(14-19-16-35-28(37-27(17)19)36-21-9-7-20(34)8-10-21)23-12-11-22(15-24(23)29(31,32)33)38-41(39,40)26-6-4-3-5-25(26)30/h3-6,11-16,20-21,38H,2,7-10,34H2,1H3,(H,35,36,37). The van der Waals surface area contributed by atoms with Crippen LogP contribution in [0.3, 0.4) is 0 Å². The summed E-state index contributed by atoms with van der Waals surface area (Å²) in [6.45, 7) is 1.91. The molecule has 0 saturated heterocycles. The van der Waals surface area contributed by atoms with E-state index in [1.165, 1.54) is 30.3 Å². The number of nitrogens with one attached hydrogen (secondary N) is 2. The van der Waals surface area contributed by atoms with Crippen molar-refractivity contribution in [1.29, 1.82) is 0 Å². The van der Waals surface area contributed by atoms with Gasteiger partial charge in [-0.25, -0.2) is 18.4 Å². The van der Waals surface area contributed by atoms with E-state index in [1.54, 1.807) is 24.4 Å². The van der Waals surface area contributed by atoms with E-state index in [1.807, 2.05) is 6.92 Å². The predicted octanol–water partition coefficient (Wildman–Crippen LogP) is 7.01. The minimum absolute atomic E-state index is 0.0422. The lowest BCUT2D eigenvalue weighted by atomic mass is 9.92. The van der Waals surface area contributed by atoms with Crippen LogP contribution in [-0.4, -0.2) is 30.5 Å². The van der Waals surface area contributed by atoms with Gasteiger partial charge < -0.3 is 11.1 Å². The predicted molar refractivity (Wildman–Crippen MR) is 155 cm³/mol. The van der Waals surface area contributed by atoms with Gasteiger partial charge in [0.05, 0.1) is 16.1 Å². The number of alkyl halides is 3. The van der Waals surface area contributed by atoms with Gasteiger partial charge >= 0.3 is 6.18 Å². The molecule has 4 aromatic rings. The molecule has 1 heterocycles. The van der Waals surface area contributed by atoms with Crippen LogP contribution in [0.1, 0.15) is 43.7 Å². The van der Waals surface area contributed by atoms with Gasteiger partial charge in [-0.3, -0.25) is 4.72 Å². The fraction of sp³-hybridized carbons (Fsp3) is 0.310. The zero-order valence-corrected chi connectivity index (χ0v) is 23.7. The Kier molecular flexibility index (Phi) is 8.13. The summed E-state index contributed by atoms with van der Waals surface area (Å²) in [7, 11) is -4.22. The van der Waals surface area contributed by atoms with Gasteiger partial charge in [-0.1, -0.05) is 36.7 Å². The summed E-state index contributed by atoms with van der Waals surface area (Å²) >= 11 is 6.01. The topological polar surface area (TPSA) is 110 Å². The number of nitrogens with two attached hydrogens (primary N) is 1. The highest BCUT2D eigenvalue weighted by atomic mass is 35.5. The van der Waals surface area contributed by atoms with Gasteiger partial charge in [0.2, 0.25) is 5.95 Å². The third-order valence-electron chi connectivity index (χ3n) is 7.26. The van der Waals surface area contributed by atoms with Crippen LogP contribution in [0.4, 0.5) is 24.8 Å². The smallest absolute Gasteiger partial charge is 0.351 e. The van der Waals surface area contributed by atoms with Gasteiger partial charge in [-0.05, 0) is 85.2 Å². The van der Waals surface area contributed by atoms with Crippen LogP contribution in [-0.2, 0) is 22.6 Å². The molecule has 1 aliphatic rings. The Bertz CT molecular complexity index is 1690. The number of fused-ring (bicyclic) bond motifs is 1. The number of aryl methyl sites for hydroxylation is 1. The molecule has 3 aromatic carbocycles. The lowest BCUT2D eigenvalue weighted by Gasteiger charge is -2.26. The highest BCUT2D eigenvalue weighted by molar-refractivity contribution is 7.92. The summed E-state index contributed by atoms with van der Waals surface area (Å²) in [5, 5.41) is 3.93. The highest BCUT2D eigenvalue weighted by Crippen LogP contribution is 2.40. The van der Waals surface area contributed by atoms with Crippen LogP contribution in [0, 0.1) is 0 Å². The summed E-state index contributed by atoms with van der Waals surface area (Å²) < 4.78 is 70.8. The SMILES string of the molecule is CCc1cc(-c2ccc(NS(=O)(=O)c3ccccc3Cl)cc2C(F)(F)F)cc2cnc(NC3CCC(N)CC3)nc12. The zero-order chi connectivity index (χ0) is 29.4. The summed E-state index contributed by atoms with van der Waals surface area (Å²) in [6.07, 6.45) is 1.10. The molecule has 216 valence electrons. The molecule has 12 heteroatoms. The average Bonchev–Trinajstić information content (AvgIpc) is 2.93. The van der Waals surface area contributed by atoms with Gasteiger partial charge in [0, 0.05) is 29.4 Å². The molecule has 0 bridgehead atoms. The number of nitrogens with zero attached hydrogens (tertiary/aromatic N) is 2. The Balaban J connectivity index is 1.50. The van der Waals surface area contributed by atoms with E-state index in [0.717, 1.165) is 37.3 Å². The molecule has 4 N–H and O–H groups in total. The number of hydrogen-bond donors (Lipinski definition) is 3. The molecule has 1 saturated carbocycles. The van der Waals surface area contributed by atoms with Gasteiger partial charge in [0.1, 0.15) is 4.90 Å². The molecule has 0 atom stereocenters. The first-order chi connectivity index (χ1) is 19.4. The van der Waals surface area contributed by atoms with E-state index in [4.69, 9.17) is 22.3 Å².